The van der Waals surface area contributed by atoms with Gasteiger partial charge in [-0.3, -0.25) is 4.90 Å². The van der Waals surface area contributed by atoms with Gasteiger partial charge in [-0.15, -0.1) is 0 Å². The molecule has 0 amide bonds. The average molecular weight is 247 g/mol. The molecule has 1 aliphatic heterocycles. The van der Waals surface area contributed by atoms with E-state index in [1.165, 1.54) is 0 Å². The molecule has 2 aromatic rings. The maximum atomic E-state index is 11.2. The second-order valence-electron chi connectivity index (χ2n) is 4.61. The Morgan fingerprint density at radius 3 is 2.67 bits per heavy atom. The molecule has 1 atom stereocenters. The largest absolute Gasteiger partial charge is 0.323 e. The smallest absolute Gasteiger partial charge is 0.314 e. The van der Waals surface area contributed by atoms with Crippen LogP contribution in [0.3, 0.4) is 0 Å². The third kappa shape index (κ3) is 2.05. The van der Waals surface area contributed by atoms with Crippen molar-refractivity contribution in [2.75, 3.05) is 26.2 Å². The standard InChI is InChI=1S/C12H17N5O/c13-11(17-5-3-14-4-6-17)8-1-2-9-10(7-8)16-12(18)15-9/h1-2,7,11,14H,3-6,13H2,(H2,15,16,18). The van der Waals surface area contributed by atoms with Crippen LogP contribution in [0.1, 0.15) is 11.7 Å². The number of benzene rings is 1. The van der Waals surface area contributed by atoms with Crippen molar-refractivity contribution in [1.82, 2.24) is 20.2 Å². The van der Waals surface area contributed by atoms with Crippen LogP contribution in [0, 0.1) is 0 Å². The van der Waals surface area contributed by atoms with Gasteiger partial charge in [-0.1, -0.05) is 6.07 Å². The van der Waals surface area contributed by atoms with Gasteiger partial charge in [0.2, 0.25) is 0 Å². The number of fused-ring (bicyclic) bond motifs is 1. The van der Waals surface area contributed by atoms with Crippen molar-refractivity contribution in [3.63, 3.8) is 0 Å². The molecule has 0 radical (unpaired) electrons. The zero-order valence-electron chi connectivity index (χ0n) is 10.1. The van der Waals surface area contributed by atoms with Crippen LogP contribution in [0.5, 0.6) is 0 Å². The number of aromatic amines is 2. The summed E-state index contributed by atoms with van der Waals surface area (Å²) in [5.41, 5.74) is 8.73. The molecule has 1 fully saturated rings. The maximum Gasteiger partial charge on any atom is 0.323 e. The van der Waals surface area contributed by atoms with Crippen molar-refractivity contribution in [2.45, 2.75) is 6.17 Å². The lowest BCUT2D eigenvalue weighted by atomic mass is 10.1. The molecular weight excluding hydrogens is 230 g/mol. The quantitative estimate of drug-likeness (QED) is 0.587. The fourth-order valence-electron chi connectivity index (χ4n) is 2.41. The van der Waals surface area contributed by atoms with Crippen LogP contribution in [0.25, 0.3) is 11.0 Å². The van der Waals surface area contributed by atoms with E-state index in [4.69, 9.17) is 5.73 Å². The first kappa shape index (κ1) is 11.5. The van der Waals surface area contributed by atoms with Gasteiger partial charge in [0.25, 0.3) is 0 Å². The Bertz CT molecular complexity index is 596. The summed E-state index contributed by atoms with van der Waals surface area (Å²) in [5.74, 6) is 0. The molecule has 0 bridgehead atoms. The summed E-state index contributed by atoms with van der Waals surface area (Å²) in [5, 5.41) is 3.30. The monoisotopic (exact) mass is 247 g/mol. The van der Waals surface area contributed by atoms with Crippen molar-refractivity contribution in [2.24, 2.45) is 5.73 Å². The van der Waals surface area contributed by atoms with E-state index >= 15 is 0 Å². The molecule has 6 heteroatoms. The van der Waals surface area contributed by atoms with Crippen molar-refractivity contribution in [1.29, 1.82) is 0 Å². The van der Waals surface area contributed by atoms with Crippen LogP contribution >= 0.6 is 0 Å². The Labute approximate surface area is 104 Å². The fourth-order valence-corrected chi connectivity index (χ4v) is 2.41. The van der Waals surface area contributed by atoms with E-state index in [1.54, 1.807) is 0 Å². The molecule has 0 aliphatic carbocycles. The second-order valence-corrected chi connectivity index (χ2v) is 4.61. The number of nitrogens with two attached hydrogens (primary N) is 1. The first-order valence-corrected chi connectivity index (χ1v) is 6.16. The molecule has 0 saturated carbocycles. The zero-order chi connectivity index (χ0) is 12.5. The number of H-pyrrole nitrogens is 2. The number of imidazole rings is 1. The van der Waals surface area contributed by atoms with E-state index in [0.29, 0.717) is 0 Å². The molecule has 96 valence electrons. The van der Waals surface area contributed by atoms with Crippen LogP contribution in [-0.4, -0.2) is 41.0 Å². The maximum absolute atomic E-state index is 11.2. The van der Waals surface area contributed by atoms with Crippen molar-refractivity contribution < 1.29 is 0 Å². The van der Waals surface area contributed by atoms with E-state index in [1.807, 2.05) is 18.2 Å². The van der Waals surface area contributed by atoms with Crippen molar-refractivity contribution in [3.8, 4) is 0 Å². The predicted octanol–water partition coefficient (Wildman–Crippen LogP) is -0.281. The lowest BCUT2D eigenvalue weighted by Crippen LogP contribution is -2.47. The van der Waals surface area contributed by atoms with Gasteiger partial charge < -0.3 is 21.0 Å². The highest BCUT2D eigenvalue weighted by atomic mass is 16.1. The number of nitrogens with one attached hydrogen (secondary N) is 3. The normalized spacial score (nSPS) is 19.2. The van der Waals surface area contributed by atoms with Crippen LogP contribution in [0.2, 0.25) is 0 Å². The molecule has 3 rings (SSSR count). The number of rotatable bonds is 2. The summed E-state index contributed by atoms with van der Waals surface area (Å²) in [6.45, 7) is 3.83. The van der Waals surface area contributed by atoms with Crippen LogP contribution in [-0.2, 0) is 0 Å². The van der Waals surface area contributed by atoms with Gasteiger partial charge in [-0.2, -0.15) is 0 Å². The number of piperazine rings is 1. The summed E-state index contributed by atoms with van der Waals surface area (Å²) in [7, 11) is 0. The average Bonchev–Trinajstić information content (AvgIpc) is 2.78. The number of hydrogen-bond acceptors (Lipinski definition) is 4. The van der Waals surface area contributed by atoms with Gasteiger partial charge in [0.05, 0.1) is 17.2 Å². The summed E-state index contributed by atoms with van der Waals surface area (Å²) < 4.78 is 0. The van der Waals surface area contributed by atoms with Crippen molar-refractivity contribution >= 4 is 11.0 Å². The van der Waals surface area contributed by atoms with Gasteiger partial charge in [0, 0.05) is 26.2 Å². The van der Waals surface area contributed by atoms with E-state index in [-0.39, 0.29) is 11.9 Å². The van der Waals surface area contributed by atoms with Gasteiger partial charge >= 0.3 is 5.69 Å². The summed E-state index contributed by atoms with van der Waals surface area (Å²) in [4.78, 5) is 18.9. The topological polar surface area (TPSA) is 89.9 Å². The van der Waals surface area contributed by atoms with Gasteiger partial charge in [-0.05, 0) is 17.7 Å². The first-order chi connectivity index (χ1) is 8.74. The molecule has 1 unspecified atom stereocenters. The minimum atomic E-state index is -0.183. The Balaban J connectivity index is 1.90. The SMILES string of the molecule is NC(c1ccc2[nH]c(=O)[nH]c2c1)N1CCNCC1. The van der Waals surface area contributed by atoms with E-state index in [2.05, 4.69) is 20.2 Å². The zero-order valence-corrected chi connectivity index (χ0v) is 10.1. The number of nitrogens with zero attached hydrogens (tertiary/aromatic N) is 1. The molecule has 1 aromatic carbocycles. The predicted molar refractivity (Wildman–Crippen MR) is 70.3 cm³/mol. The Morgan fingerprint density at radius 1 is 1.17 bits per heavy atom. The van der Waals surface area contributed by atoms with Gasteiger partial charge in [0.1, 0.15) is 0 Å². The minimum absolute atomic E-state index is 0.116. The molecule has 1 saturated heterocycles. The Hall–Kier alpha value is -1.63. The second kappa shape index (κ2) is 4.56. The van der Waals surface area contributed by atoms with E-state index < -0.39 is 0 Å². The summed E-state index contributed by atoms with van der Waals surface area (Å²) in [6, 6.07) is 5.81. The fraction of sp³-hybridized carbons (Fsp3) is 0.417. The molecule has 18 heavy (non-hydrogen) atoms. The molecule has 6 nitrogen and oxygen atoms in total. The third-order valence-corrected chi connectivity index (χ3v) is 3.43. The van der Waals surface area contributed by atoms with Crippen molar-refractivity contribution in [3.05, 3.63) is 34.2 Å². The highest BCUT2D eigenvalue weighted by Gasteiger charge is 2.18. The molecular formula is C12H17N5O. The molecule has 1 aromatic heterocycles. The lowest BCUT2D eigenvalue weighted by molar-refractivity contribution is 0.177. The summed E-state index contributed by atoms with van der Waals surface area (Å²) in [6.07, 6.45) is -0.116. The number of hydrogen-bond donors (Lipinski definition) is 4. The van der Waals surface area contributed by atoms with Gasteiger partial charge in [0.15, 0.2) is 0 Å². The molecule has 5 N–H and O–H groups in total. The molecule has 2 heterocycles. The van der Waals surface area contributed by atoms with Crippen LogP contribution < -0.4 is 16.7 Å². The van der Waals surface area contributed by atoms with E-state index in [9.17, 15) is 4.79 Å². The molecule has 0 spiro atoms. The minimum Gasteiger partial charge on any atom is -0.314 e. The molecule has 1 aliphatic rings. The van der Waals surface area contributed by atoms with E-state index in [0.717, 1.165) is 42.8 Å². The first-order valence-electron chi connectivity index (χ1n) is 6.16. The highest BCUT2D eigenvalue weighted by Crippen LogP contribution is 2.19. The van der Waals surface area contributed by atoms with Crippen LogP contribution in [0.15, 0.2) is 23.0 Å². The van der Waals surface area contributed by atoms with Crippen LogP contribution in [0.4, 0.5) is 0 Å². The summed E-state index contributed by atoms with van der Waals surface area (Å²) >= 11 is 0. The lowest BCUT2D eigenvalue weighted by Gasteiger charge is -2.32. The Morgan fingerprint density at radius 2 is 1.89 bits per heavy atom. The number of aromatic nitrogens is 2. The van der Waals surface area contributed by atoms with Gasteiger partial charge in [-0.25, -0.2) is 4.79 Å². The highest BCUT2D eigenvalue weighted by molar-refractivity contribution is 5.75. The Kier molecular flexibility index (Phi) is 2.91. The third-order valence-electron chi connectivity index (χ3n) is 3.43.